The van der Waals surface area contributed by atoms with Gasteiger partial charge in [-0.3, -0.25) is 5.01 Å². The largest absolute Gasteiger partial charge is 0.400 e. The number of hydrogen-bond acceptors (Lipinski definition) is 5. The fourth-order valence-electron chi connectivity index (χ4n) is 5.30. The zero-order valence-electron chi connectivity index (χ0n) is 23.6. The molecule has 4 nitrogen and oxygen atoms in total. The highest BCUT2D eigenvalue weighted by Crippen LogP contribution is 2.37. The number of nitrogens with zero attached hydrogens (tertiary/aromatic N) is 1. The van der Waals surface area contributed by atoms with Crippen LogP contribution in [0, 0.1) is 0 Å². The van der Waals surface area contributed by atoms with Crippen LogP contribution in [0.15, 0.2) is 144 Å². The van der Waals surface area contributed by atoms with Crippen LogP contribution in [0.3, 0.4) is 0 Å². The van der Waals surface area contributed by atoms with Crippen LogP contribution in [-0.2, 0) is 19.3 Å². The topological polar surface area (TPSA) is 53.3 Å². The molecule has 0 spiro atoms. The van der Waals surface area contributed by atoms with Gasteiger partial charge in [-0.25, -0.2) is 5.43 Å². The number of fused-ring (bicyclic) bond motifs is 3. The summed E-state index contributed by atoms with van der Waals surface area (Å²) in [6.07, 6.45) is 14.9. The van der Waals surface area contributed by atoms with Crippen LogP contribution in [0.2, 0.25) is 0 Å². The Morgan fingerprint density at radius 1 is 0.951 bits per heavy atom. The summed E-state index contributed by atoms with van der Waals surface area (Å²) in [6, 6.07) is 25.8. The third kappa shape index (κ3) is 7.12. The first-order chi connectivity index (χ1) is 20.0. The third-order valence-corrected chi connectivity index (χ3v) is 8.41. The van der Waals surface area contributed by atoms with E-state index in [1.807, 2.05) is 24.4 Å². The van der Waals surface area contributed by atoms with E-state index in [0.717, 1.165) is 51.7 Å². The second-order valence-electron chi connectivity index (χ2n) is 10.4. The van der Waals surface area contributed by atoms with Gasteiger partial charge < -0.3 is 11.1 Å². The Labute approximate surface area is 248 Å². The molecule has 1 unspecified atom stereocenters. The number of hydrogen-bond donors (Lipinski definition) is 3. The Morgan fingerprint density at radius 2 is 1.59 bits per heavy atom. The highest BCUT2D eigenvalue weighted by Gasteiger charge is 2.22. The van der Waals surface area contributed by atoms with Crippen LogP contribution in [0.4, 0.5) is 11.4 Å². The lowest BCUT2D eigenvalue weighted by atomic mass is 9.95. The number of hydrazine groups is 1. The minimum Gasteiger partial charge on any atom is -0.400 e. The van der Waals surface area contributed by atoms with Gasteiger partial charge in [-0.05, 0) is 71.3 Å². The van der Waals surface area contributed by atoms with Gasteiger partial charge in [-0.2, -0.15) is 0 Å². The minimum atomic E-state index is 0.131. The van der Waals surface area contributed by atoms with Crippen molar-refractivity contribution in [3.8, 4) is 0 Å². The molecule has 0 fully saturated rings. The first-order valence-corrected chi connectivity index (χ1v) is 14.8. The Balaban J connectivity index is 1.32. The Kier molecular flexibility index (Phi) is 9.29. The summed E-state index contributed by atoms with van der Waals surface area (Å²) in [5, 5.41) is 5.73. The molecule has 4 N–H and O–H groups in total. The normalized spacial score (nSPS) is 19.0. The molecule has 5 heteroatoms. The number of para-hydroxylation sites is 2. The Morgan fingerprint density at radius 3 is 2.27 bits per heavy atom. The van der Waals surface area contributed by atoms with Crippen molar-refractivity contribution in [3.05, 3.63) is 166 Å². The van der Waals surface area contributed by atoms with Gasteiger partial charge >= 0.3 is 0 Å². The first kappa shape index (κ1) is 28.3. The predicted octanol–water partition coefficient (Wildman–Crippen LogP) is 7.61. The molecule has 41 heavy (non-hydrogen) atoms. The molecular weight excluding hydrogens is 520 g/mol. The van der Waals surface area contributed by atoms with Crippen LogP contribution < -0.4 is 21.5 Å². The maximum absolute atomic E-state index is 6.67. The molecule has 0 aromatic heterocycles. The number of nitrogens with two attached hydrogens (primary N) is 1. The van der Waals surface area contributed by atoms with Gasteiger partial charge in [0.25, 0.3) is 0 Å². The molecule has 2 heterocycles. The van der Waals surface area contributed by atoms with Crippen molar-refractivity contribution in [1.29, 1.82) is 0 Å². The van der Waals surface area contributed by atoms with E-state index in [9.17, 15) is 0 Å². The van der Waals surface area contributed by atoms with Crippen LogP contribution in [-0.4, -0.2) is 12.6 Å². The van der Waals surface area contributed by atoms with Crippen molar-refractivity contribution >= 4 is 23.1 Å². The molecule has 2 aliphatic rings. The van der Waals surface area contributed by atoms with Crippen molar-refractivity contribution in [2.75, 3.05) is 11.6 Å². The fourth-order valence-corrected chi connectivity index (χ4v) is 6.17. The summed E-state index contributed by atoms with van der Waals surface area (Å²) in [4.78, 5) is 2.12. The van der Waals surface area contributed by atoms with Gasteiger partial charge in [0, 0.05) is 23.1 Å². The van der Waals surface area contributed by atoms with Gasteiger partial charge in [-0.1, -0.05) is 115 Å². The summed E-state index contributed by atoms with van der Waals surface area (Å²) in [5.41, 5.74) is 19.7. The van der Waals surface area contributed by atoms with Crippen LogP contribution in [0.1, 0.15) is 29.2 Å². The molecule has 2 aliphatic heterocycles. The van der Waals surface area contributed by atoms with Crippen LogP contribution in [0.25, 0.3) is 0 Å². The third-order valence-electron chi connectivity index (χ3n) is 7.31. The molecule has 0 amide bonds. The van der Waals surface area contributed by atoms with E-state index in [1.165, 1.54) is 22.3 Å². The Hall–Kier alpha value is -4.19. The maximum Gasteiger partial charge on any atom is 0.0613 e. The number of thioether (sulfide) groups is 1. The van der Waals surface area contributed by atoms with Gasteiger partial charge in [0.05, 0.1) is 17.9 Å². The first-order valence-electron chi connectivity index (χ1n) is 14.0. The Bertz CT molecular complexity index is 1500. The number of benzene rings is 3. The zero-order chi connectivity index (χ0) is 28.6. The smallest absolute Gasteiger partial charge is 0.0613 e. The quantitative estimate of drug-likeness (QED) is 0.261. The van der Waals surface area contributed by atoms with E-state index in [0.29, 0.717) is 6.54 Å². The van der Waals surface area contributed by atoms with E-state index in [4.69, 9.17) is 5.73 Å². The molecule has 208 valence electrons. The van der Waals surface area contributed by atoms with E-state index in [1.54, 1.807) is 11.8 Å². The molecule has 5 rings (SSSR count). The molecule has 3 aromatic rings. The molecule has 0 bridgehead atoms. The number of nitrogens with one attached hydrogen (secondary N) is 2. The average molecular weight is 559 g/mol. The van der Waals surface area contributed by atoms with E-state index in [2.05, 4.69) is 121 Å². The molecule has 0 aliphatic carbocycles. The van der Waals surface area contributed by atoms with Crippen molar-refractivity contribution in [1.82, 2.24) is 10.7 Å². The number of rotatable bonds is 7. The minimum absolute atomic E-state index is 0.131. The monoisotopic (exact) mass is 558 g/mol. The van der Waals surface area contributed by atoms with Gasteiger partial charge in [0.2, 0.25) is 0 Å². The lowest BCUT2D eigenvalue weighted by molar-refractivity contribution is 0.690. The SMILES string of the molecule is C=C/C(S/C(C)=C/C1Cc2ccccc2CC(=C)/C=C\C=C/N1)=C(/N)CNN1c2ccccc2Cc2ccccc21. The van der Waals surface area contributed by atoms with Crippen molar-refractivity contribution in [2.24, 2.45) is 5.73 Å². The molecule has 0 saturated heterocycles. The summed E-state index contributed by atoms with van der Waals surface area (Å²) >= 11 is 1.66. The van der Waals surface area contributed by atoms with Gasteiger partial charge in [-0.15, -0.1) is 0 Å². The highest BCUT2D eigenvalue weighted by atomic mass is 32.2. The number of allylic oxidation sites excluding steroid dienone is 6. The highest BCUT2D eigenvalue weighted by molar-refractivity contribution is 8.06. The van der Waals surface area contributed by atoms with Crippen molar-refractivity contribution < 1.29 is 0 Å². The fraction of sp³-hybridized carbons (Fsp3) is 0.167. The summed E-state index contributed by atoms with van der Waals surface area (Å²) in [5.74, 6) is 0. The van der Waals surface area contributed by atoms with Crippen molar-refractivity contribution in [2.45, 2.75) is 32.2 Å². The summed E-state index contributed by atoms with van der Waals surface area (Å²) in [7, 11) is 0. The lowest BCUT2D eigenvalue weighted by Crippen LogP contribution is -2.39. The van der Waals surface area contributed by atoms with E-state index >= 15 is 0 Å². The average Bonchev–Trinajstić information content (AvgIpc) is 3.01. The molecule has 0 radical (unpaired) electrons. The lowest BCUT2D eigenvalue weighted by Gasteiger charge is -2.33. The van der Waals surface area contributed by atoms with E-state index in [-0.39, 0.29) is 6.04 Å². The predicted molar refractivity (Wildman–Crippen MR) is 177 cm³/mol. The summed E-state index contributed by atoms with van der Waals surface area (Å²) in [6.45, 7) is 10.9. The molecule has 1 atom stereocenters. The summed E-state index contributed by atoms with van der Waals surface area (Å²) < 4.78 is 0. The molecule has 0 saturated carbocycles. The van der Waals surface area contributed by atoms with Crippen LogP contribution >= 0.6 is 11.8 Å². The number of anilines is 2. The zero-order valence-corrected chi connectivity index (χ0v) is 24.5. The maximum atomic E-state index is 6.67. The molecule has 3 aromatic carbocycles. The second-order valence-corrected chi connectivity index (χ2v) is 11.7. The van der Waals surface area contributed by atoms with Gasteiger partial charge in [0.1, 0.15) is 0 Å². The molecular formula is C36H38N4S. The van der Waals surface area contributed by atoms with E-state index < -0.39 is 0 Å². The van der Waals surface area contributed by atoms with Crippen LogP contribution in [0.5, 0.6) is 0 Å². The standard InChI is InChI=1S/C36H38N4S/c1-4-36(33(37)25-39-40-34-18-9-7-16-30(34)23-31-17-8-10-19-35(31)40)41-27(3)22-32-24-29-15-6-5-14-28(29)21-26(2)13-11-12-20-38-32/h4-20,22,32,38-39H,1-2,21,23-25,37H2,3H3/b13-11-,20-12-,27-22+,36-33-. The second kappa shape index (κ2) is 13.4. The van der Waals surface area contributed by atoms with Crippen molar-refractivity contribution in [3.63, 3.8) is 0 Å². The van der Waals surface area contributed by atoms with Gasteiger partial charge in [0.15, 0.2) is 0 Å².